The van der Waals surface area contributed by atoms with Gasteiger partial charge in [-0.25, -0.2) is 8.78 Å². The van der Waals surface area contributed by atoms with E-state index < -0.39 is 12.5 Å². The number of benzene rings is 2. The van der Waals surface area contributed by atoms with Crippen molar-refractivity contribution in [2.24, 2.45) is 0 Å². The van der Waals surface area contributed by atoms with Crippen LogP contribution < -0.4 is 15.0 Å². The average molecular weight is 547 g/mol. The van der Waals surface area contributed by atoms with Crippen LogP contribution in [-0.2, 0) is 6.67 Å². The van der Waals surface area contributed by atoms with Gasteiger partial charge in [-0.3, -0.25) is 4.98 Å². The van der Waals surface area contributed by atoms with Crippen LogP contribution >= 0.6 is 0 Å². The molecule has 0 spiro atoms. The van der Waals surface area contributed by atoms with Crippen LogP contribution in [0.2, 0.25) is 0 Å². The molecule has 3 saturated heterocycles. The van der Waals surface area contributed by atoms with Crippen LogP contribution in [0.25, 0.3) is 32.9 Å². The van der Waals surface area contributed by atoms with E-state index in [2.05, 4.69) is 27.1 Å². The molecule has 2 aromatic carbocycles. The second kappa shape index (κ2) is 10.1. The van der Waals surface area contributed by atoms with Crippen molar-refractivity contribution in [1.82, 2.24) is 25.2 Å². The quantitative estimate of drug-likeness (QED) is 0.364. The molecule has 2 bridgehead atoms. The molecule has 4 aromatic rings. The first kappa shape index (κ1) is 25.3. The lowest BCUT2D eigenvalue weighted by atomic mass is 9.97. The fourth-order valence-electron chi connectivity index (χ4n) is 6.65. The molecule has 3 fully saturated rings. The molecule has 7 rings (SSSR count). The van der Waals surface area contributed by atoms with Gasteiger partial charge < -0.3 is 25.0 Å². The van der Waals surface area contributed by atoms with Gasteiger partial charge in [-0.2, -0.15) is 9.97 Å². The molecule has 0 radical (unpaired) electrons. The number of piperazine rings is 1. The maximum absolute atomic E-state index is 15.1. The lowest BCUT2D eigenvalue weighted by Gasteiger charge is -2.34. The summed E-state index contributed by atoms with van der Waals surface area (Å²) < 4.78 is 36.2. The van der Waals surface area contributed by atoms with Crippen molar-refractivity contribution >= 4 is 27.5 Å². The predicted octanol–water partition coefficient (Wildman–Crippen LogP) is 4.57. The molecule has 2 N–H and O–H groups in total. The number of fused-ring (bicyclic) bond motifs is 4. The highest BCUT2D eigenvalue weighted by Gasteiger charge is 2.34. The molecule has 0 aliphatic carbocycles. The zero-order valence-electron chi connectivity index (χ0n) is 22.4. The minimum absolute atomic E-state index is 0.0517. The second-order valence-electron chi connectivity index (χ2n) is 11.3. The maximum Gasteiger partial charge on any atom is 0.319 e. The van der Waals surface area contributed by atoms with Gasteiger partial charge in [-0.15, -0.1) is 0 Å². The Morgan fingerprint density at radius 1 is 1.12 bits per heavy atom. The fourth-order valence-corrected chi connectivity index (χ4v) is 6.65. The van der Waals surface area contributed by atoms with E-state index in [1.807, 2.05) is 0 Å². The van der Waals surface area contributed by atoms with E-state index in [9.17, 15) is 9.50 Å². The summed E-state index contributed by atoms with van der Waals surface area (Å²) in [6.45, 7) is 2.15. The highest BCUT2D eigenvalue weighted by molar-refractivity contribution is 6.01. The van der Waals surface area contributed by atoms with E-state index in [0.717, 1.165) is 45.3 Å². The van der Waals surface area contributed by atoms with Crippen molar-refractivity contribution in [2.75, 3.05) is 38.2 Å². The highest BCUT2D eigenvalue weighted by atomic mass is 19.1. The Balaban J connectivity index is 1.39. The Labute approximate surface area is 231 Å². The molecule has 5 heterocycles. The Hall–Kier alpha value is -3.63. The Morgan fingerprint density at radius 3 is 2.70 bits per heavy atom. The number of alkyl halides is 1. The van der Waals surface area contributed by atoms with E-state index >= 15 is 4.39 Å². The first-order valence-corrected chi connectivity index (χ1v) is 14.0. The molecule has 0 amide bonds. The van der Waals surface area contributed by atoms with Crippen LogP contribution in [-0.4, -0.2) is 76.4 Å². The summed E-state index contributed by atoms with van der Waals surface area (Å²) in [5.74, 6) is 0.159. The predicted molar refractivity (Wildman–Crippen MR) is 150 cm³/mol. The number of pyridine rings is 1. The molecule has 3 unspecified atom stereocenters. The number of nitrogens with zero attached hydrogens (tertiary/aromatic N) is 5. The second-order valence-corrected chi connectivity index (χ2v) is 11.3. The van der Waals surface area contributed by atoms with Crippen molar-refractivity contribution in [3.63, 3.8) is 0 Å². The Bertz CT molecular complexity index is 1590. The number of likely N-dealkylation sites (tertiary alicyclic amines) is 1. The van der Waals surface area contributed by atoms with E-state index in [1.165, 1.54) is 18.2 Å². The number of hydrogen-bond acceptors (Lipinski definition) is 8. The number of aromatic hydroxyl groups is 1. The maximum atomic E-state index is 15.1. The minimum Gasteiger partial charge on any atom is -0.508 e. The SMILES string of the molecule is CN1CCCC1COc1nc(N2CC3CCC(C2)N3)c2cnc(-c3cc(O)cc4cccc(F)c34)c(CF)c2n1. The summed E-state index contributed by atoms with van der Waals surface area (Å²) in [5.41, 5.74) is 1.17. The lowest BCUT2D eigenvalue weighted by molar-refractivity contribution is 0.188. The van der Waals surface area contributed by atoms with Gasteiger partial charge in [-0.1, -0.05) is 12.1 Å². The first-order valence-electron chi connectivity index (χ1n) is 14.0. The number of phenolic OH excluding ortho intramolecular Hbond substituents is 1. The molecular weight excluding hydrogens is 514 g/mol. The van der Waals surface area contributed by atoms with E-state index in [1.54, 1.807) is 18.3 Å². The van der Waals surface area contributed by atoms with Gasteiger partial charge in [0.2, 0.25) is 0 Å². The first-order chi connectivity index (χ1) is 19.5. The molecule has 2 aromatic heterocycles. The number of likely N-dealkylation sites (N-methyl/N-ethyl adjacent to an activating group) is 1. The largest absolute Gasteiger partial charge is 0.508 e. The van der Waals surface area contributed by atoms with Crippen LogP contribution in [0.3, 0.4) is 0 Å². The van der Waals surface area contributed by atoms with Crippen LogP contribution in [0.1, 0.15) is 31.2 Å². The molecule has 40 heavy (non-hydrogen) atoms. The zero-order valence-corrected chi connectivity index (χ0v) is 22.4. The topological polar surface area (TPSA) is 86.6 Å². The van der Waals surface area contributed by atoms with E-state index in [4.69, 9.17) is 14.7 Å². The van der Waals surface area contributed by atoms with E-state index in [0.29, 0.717) is 46.4 Å². The Morgan fingerprint density at radius 2 is 1.95 bits per heavy atom. The number of rotatable bonds is 6. The van der Waals surface area contributed by atoms with Gasteiger partial charge >= 0.3 is 6.01 Å². The van der Waals surface area contributed by atoms with Crippen LogP contribution in [0, 0.1) is 5.82 Å². The molecule has 208 valence electrons. The van der Waals surface area contributed by atoms with Gasteiger partial charge in [0, 0.05) is 53.9 Å². The molecular formula is C30H32F2N6O2. The van der Waals surface area contributed by atoms with Crippen LogP contribution in [0.5, 0.6) is 11.8 Å². The van der Waals surface area contributed by atoms with Gasteiger partial charge in [0.25, 0.3) is 0 Å². The lowest BCUT2D eigenvalue weighted by Crippen LogP contribution is -2.51. The summed E-state index contributed by atoms with van der Waals surface area (Å²) in [4.78, 5) is 18.7. The van der Waals surface area contributed by atoms with Crippen molar-refractivity contribution < 1.29 is 18.6 Å². The zero-order chi connectivity index (χ0) is 27.4. The van der Waals surface area contributed by atoms with Crippen molar-refractivity contribution in [1.29, 1.82) is 0 Å². The standard InChI is InChI=1S/C30H32F2N6O2/c1-37-9-3-5-20(37)16-40-30-35-28-23(12-31)27(22-11-21(39)10-17-4-2-6-25(32)26(17)22)33-13-24(28)29(36-30)38-14-18-7-8-19(15-38)34-18/h2,4,6,10-11,13,18-20,34,39H,3,5,7-9,12,14-16H2,1H3. The number of hydrogen-bond donors (Lipinski definition) is 2. The number of aromatic nitrogens is 3. The highest BCUT2D eigenvalue weighted by Crippen LogP contribution is 2.39. The van der Waals surface area contributed by atoms with Gasteiger partial charge in [0.1, 0.15) is 30.7 Å². The molecule has 3 atom stereocenters. The Kier molecular flexibility index (Phi) is 6.39. The molecule has 0 saturated carbocycles. The molecule has 3 aliphatic rings. The summed E-state index contributed by atoms with van der Waals surface area (Å²) in [5, 5.41) is 15.5. The number of halogens is 2. The minimum atomic E-state index is -0.876. The van der Waals surface area contributed by atoms with Gasteiger partial charge in [-0.05, 0) is 62.9 Å². The average Bonchev–Trinajstić information content (AvgIpc) is 3.52. The van der Waals surface area contributed by atoms with Crippen LogP contribution in [0.4, 0.5) is 14.6 Å². The molecule has 8 nitrogen and oxygen atoms in total. The summed E-state index contributed by atoms with van der Waals surface area (Å²) in [7, 11) is 2.09. The third-order valence-corrected chi connectivity index (χ3v) is 8.69. The molecule has 3 aliphatic heterocycles. The number of anilines is 1. The number of nitrogens with one attached hydrogen (secondary N) is 1. The van der Waals surface area contributed by atoms with Crippen LogP contribution in [0.15, 0.2) is 36.5 Å². The third kappa shape index (κ3) is 4.39. The van der Waals surface area contributed by atoms with Gasteiger partial charge in [0.05, 0.1) is 16.6 Å². The monoisotopic (exact) mass is 546 g/mol. The third-order valence-electron chi connectivity index (χ3n) is 8.69. The number of ether oxygens (including phenoxy) is 1. The van der Waals surface area contributed by atoms with Crippen molar-refractivity contribution in [3.05, 3.63) is 47.9 Å². The van der Waals surface area contributed by atoms with E-state index in [-0.39, 0.29) is 34.4 Å². The summed E-state index contributed by atoms with van der Waals surface area (Å²) in [6.07, 6.45) is 6.02. The number of phenols is 1. The normalized spacial score (nSPS) is 23.0. The molecule has 10 heteroatoms. The summed E-state index contributed by atoms with van der Waals surface area (Å²) in [6, 6.07) is 8.78. The summed E-state index contributed by atoms with van der Waals surface area (Å²) >= 11 is 0. The smallest absolute Gasteiger partial charge is 0.319 e. The van der Waals surface area contributed by atoms with Gasteiger partial charge in [0.15, 0.2) is 0 Å². The van der Waals surface area contributed by atoms with Crippen molar-refractivity contribution in [2.45, 2.75) is 50.5 Å². The van der Waals surface area contributed by atoms with Crippen molar-refractivity contribution in [3.8, 4) is 23.0 Å². The fraction of sp³-hybridized carbons (Fsp3) is 0.433.